The van der Waals surface area contributed by atoms with E-state index in [1.54, 1.807) is 11.2 Å². The van der Waals surface area contributed by atoms with Crippen molar-refractivity contribution in [3.63, 3.8) is 0 Å². The molecule has 0 fully saturated rings. The van der Waals surface area contributed by atoms with Crippen LogP contribution >= 0.6 is 0 Å². The molecule has 7 heteroatoms. The number of amides is 1. The number of hydrogen-bond donors (Lipinski definition) is 1. The first-order valence-corrected chi connectivity index (χ1v) is 8.33. The number of rotatable bonds is 6. The highest BCUT2D eigenvalue weighted by atomic mass is 16.2. The topological polar surface area (TPSA) is 69.5 Å². The van der Waals surface area contributed by atoms with Crippen LogP contribution in [-0.2, 0) is 6.54 Å². The Kier molecular flexibility index (Phi) is 4.85. The van der Waals surface area contributed by atoms with Gasteiger partial charge in [-0.25, -0.2) is 9.97 Å². The highest BCUT2D eigenvalue weighted by molar-refractivity contribution is 5.93. The van der Waals surface area contributed by atoms with Gasteiger partial charge in [0.1, 0.15) is 11.3 Å². The minimum Gasteiger partial charge on any atom is -0.348 e. The molecule has 25 heavy (non-hydrogen) atoms. The molecule has 0 saturated heterocycles. The zero-order valence-electron chi connectivity index (χ0n) is 15.2. The van der Waals surface area contributed by atoms with Crippen molar-refractivity contribution in [2.45, 2.75) is 20.4 Å². The van der Waals surface area contributed by atoms with E-state index < -0.39 is 0 Å². The van der Waals surface area contributed by atoms with E-state index in [0.29, 0.717) is 18.8 Å². The normalized spacial score (nSPS) is 11.4. The Bertz CT molecular complexity index is 879. The Morgan fingerprint density at radius 2 is 2.04 bits per heavy atom. The molecule has 1 N–H and O–H groups in total. The van der Waals surface area contributed by atoms with E-state index in [2.05, 4.69) is 19.9 Å². The lowest BCUT2D eigenvalue weighted by molar-refractivity contribution is 0.0724. The van der Waals surface area contributed by atoms with Crippen LogP contribution in [0.5, 0.6) is 0 Å². The van der Waals surface area contributed by atoms with Crippen molar-refractivity contribution in [2.24, 2.45) is 0 Å². The zero-order chi connectivity index (χ0) is 18.0. The van der Waals surface area contributed by atoms with Crippen LogP contribution in [0.2, 0.25) is 0 Å². The predicted molar refractivity (Wildman–Crippen MR) is 96.5 cm³/mol. The number of aromatic amines is 1. The van der Waals surface area contributed by atoms with Crippen LogP contribution < -0.4 is 0 Å². The standard InChI is InChI=1S/C18H24N6O/c1-13-6-5-7-17-21-16(11-24(13)17)18(25)23(9-8-22(3)4)10-15-14(2)19-12-20-15/h5-7,11-12H,8-10H2,1-4H3,(H,19,20). The fourth-order valence-electron chi connectivity index (χ4n) is 2.71. The molecule has 0 saturated carbocycles. The summed E-state index contributed by atoms with van der Waals surface area (Å²) in [5.74, 6) is -0.0765. The Morgan fingerprint density at radius 1 is 1.24 bits per heavy atom. The molecule has 1 amide bonds. The molecule has 0 atom stereocenters. The number of imidazole rings is 2. The summed E-state index contributed by atoms with van der Waals surface area (Å²) in [6.45, 7) is 5.83. The molecule has 3 heterocycles. The van der Waals surface area contributed by atoms with Crippen LogP contribution in [0.1, 0.15) is 27.6 Å². The monoisotopic (exact) mass is 340 g/mol. The number of aromatic nitrogens is 4. The third kappa shape index (κ3) is 3.71. The minimum absolute atomic E-state index is 0.0765. The number of carbonyl (C=O) groups excluding carboxylic acids is 1. The Labute approximate surface area is 147 Å². The third-order valence-corrected chi connectivity index (χ3v) is 4.29. The lowest BCUT2D eigenvalue weighted by atomic mass is 10.3. The molecule has 0 aliphatic rings. The van der Waals surface area contributed by atoms with Crippen LogP contribution in [0.25, 0.3) is 5.65 Å². The fraction of sp³-hybridized carbons (Fsp3) is 0.389. The molecule has 0 radical (unpaired) electrons. The summed E-state index contributed by atoms with van der Waals surface area (Å²) in [6, 6.07) is 5.86. The van der Waals surface area contributed by atoms with Crippen molar-refractivity contribution in [3.8, 4) is 0 Å². The number of H-pyrrole nitrogens is 1. The summed E-state index contributed by atoms with van der Waals surface area (Å²) >= 11 is 0. The van der Waals surface area contributed by atoms with Gasteiger partial charge in [0.2, 0.25) is 0 Å². The average molecular weight is 340 g/mol. The Morgan fingerprint density at radius 3 is 2.68 bits per heavy atom. The van der Waals surface area contributed by atoms with Gasteiger partial charge in [-0.1, -0.05) is 6.07 Å². The Balaban J connectivity index is 1.88. The molecule has 7 nitrogen and oxygen atoms in total. The average Bonchev–Trinajstić information content (AvgIpc) is 3.18. The fourth-order valence-corrected chi connectivity index (χ4v) is 2.71. The minimum atomic E-state index is -0.0765. The molecule has 0 bridgehead atoms. The molecule has 3 aromatic rings. The Hall–Kier alpha value is -2.67. The molecule has 0 aliphatic heterocycles. The van der Waals surface area contributed by atoms with Crippen molar-refractivity contribution in [2.75, 3.05) is 27.2 Å². The van der Waals surface area contributed by atoms with E-state index in [1.807, 2.05) is 56.7 Å². The molecule has 132 valence electrons. The van der Waals surface area contributed by atoms with Crippen molar-refractivity contribution in [1.82, 2.24) is 29.2 Å². The first-order chi connectivity index (χ1) is 12.0. The molecule has 0 aromatic carbocycles. The summed E-state index contributed by atoms with van der Waals surface area (Å²) in [5, 5.41) is 0. The molecular weight excluding hydrogens is 316 g/mol. The molecule has 3 aromatic heterocycles. The second kappa shape index (κ2) is 7.06. The number of carbonyl (C=O) groups is 1. The van der Waals surface area contributed by atoms with Crippen molar-refractivity contribution in [1.29, 1.82) is 0 Å². The molecule has 0 unspecified atom stereocenters. The second-order valence-corrected chi connectivity index (χ2v) is 6.53. The lowest BCUT2D eigenvalue weighted by Crippen LogP contribution is -2.36. The third-order valence-electron chi connectivity index (χ3n) is 4.29. The summed E-state index contributed by atoms with van der Waals surface area (Å²) in [4.78, 5) is 28.8. The second-order valence-electron chi connectivity index (χ2n) is 6.53. The van der Waals surface area contributed by atoms with Gasteiger partial charge < -0.3 is 19.2 Å². The number of pyridine rings is 1. The SMILES string of the molecule is Cc1[nH]cnc1CN(CCN(C)C)C(=O)c1cn2c(C)cccc2n1. The van der Waals surface area contributed by atoms with Gasteiger partial charge in [-0.2, -0.15) is 0 Å². The zero-order valence-corrected chi connectivity index (χ0v) is 15.2. The largest absolute Gasteiger partial charge is 0.348 e. The quantitative estimate of drug-likeness (QED) is 0.744. The van der Waals surface area contributed by atoms with Crippen molar-refractivity contribution in [3.05, 3.63) is 53.5 Å². The van der Waals surface area contributed by atoms with Gasteiger partial charge in [-0.05, 0) is 40.1 Å². The maximum atomic E-state index is 13.1. The molecule has 3 rings (SSSR count). The first-order valence-electron chi connectivity index (χ1n) is 8.33. The number of hydrogen-bond acceptors (Lipinski definition) is 4. The summed E-state index contributed by atoms with van der Waals surface area (Å²) in [7, 11) is 3.99. The number of likely N-dealkylation sites (N-methyl/N-ethyl adjacent to an activating group) is 1. The van der Waals surface area contributed by atoms with Gasteiger partial charge in [0.05, 0.1) is 18.6 Å². The highest BCUT2D eigenvalue weighted by Gasteiger charge is 2.21. The number of nitrogens with zero attached hydrogens (tertiary/aromatic N) is 5. The highest BCUT2D eigenvalue weighted by Crippen LogP contribution is 2.13. The van der Waals surface area contributed by atoms with Gasteiger partial charge in [-0.3, -0.25) is 4.79 Å². The van der Waals surface area contributed by atoms with Crippen LogP contribution in [0.4, 0.5) is 0 Å². The predicted octanol–water partition coefficient (Wildman–Crippen LogP) is 1.88. The van der Waals surface area contributed by atoms with E-state index in [-0.39, 0.29) is 5.91 Å². The van der Waals surface area contributed by atoms with E-state index in [0.717, 1.165) is 29.3 Å². The van der Waals surface area contributed by atoms with Crippen LogP contribution in [0.3, 0.4) is 0 Å². The van der Waals surface area contributed by atoms with Crippen LogP contribution in [-0.4, -0.2) is 62.2 Å². The van der Waals surface area contributed by atoms with Gasteiger partial charge in [0, 0.05) is 30.7 Å². The smallest absolute Gasteiger partial charge is 0.274 e. The van der Waals surface area contributed by atoms with Crippen LogP contribution in [0, 0.1) is 13.8 Å². The van der Waals surface area contributed by atoms with Gasteiger partial charge in [0.15, 0.2) is 0 Å². The molecular formula is C18H24N6O. The van der Waals surface area contributed by atoms with E-state index in [1.165, 1.54) is 0 Å². The first kappa shape index (κ1) is 17.2. The van der Waals surface area contributed by atoms with E-state index >= 15 is 0 Å². The van der Waals surface area contributed by atoms with E-state index in [4.69, 9.17) is 0 Å². The number of nitrogens with one attached hydrogen (secondary N) is 1. The molecule has 0 spiro atoms. The molecule has 0 aliphatic carbocycles. The van der Waals surface area contributed by atoms with Crippen LogP contribution in [0.15, 0.2) is 30.7 Å². The van der Waals surface area contributed by atoms with Gasteiger partial charge >= 0.3 is 0 Å². The maximum Gasteiger partial charge on any atom is 0.274 e. The van der Waals surface area contributed by atoms with Gasteiger partial charge in [0.25, 0.3) is 5.91 Å². The summed E-state index contributed by atoms with van der Waals surface area (Å²) in [5.41, 5.74) is 4.15. The maximum absolute atomic E-state index is 13.1. The number of fused-ring (bicyclic) bond motifs is 1. The van der Waals surface area contributed by atoms with E-state index in [9.17, 15) is 4.79 Å². The van der Waals surface area contributed by atoms with Crippen molar-refractivity contribution >= 4 is 11.6 Å². The van der Waals surface area contributed by atoms with Crippen molar-refractivity contribution < 1.29 is 4.79 Å². The summed E-state index contributed by atoms with van der Waals surface area (Å²) in [6.07, 6.45) is 3.47. The lowest BCUT2D eigenvalue weighted by Gasteiger charge is -2.23. The number of aryl methyl sites for hydroxylation is 2. The van der Waals surface area contributed by atoms with Gasteiger partial charge in [-0.15, -0.1) is 0 Å². The summed E-state index contributed by atoms with van der Waals surface area (Å²) < 4.78 is 1.94.